The summed E-state index contributed by atoms with van der Waals surface area (Å²) in [6, 6.07) is 4.16. The number of esters is 1. The summed E-state index contributed by atoms with van der Waals surface area (Å²) in [5.74, 6) is 1.15. The Balaban J connectivity index is 2.53. The molecule has 0 atom stereocenters. The summed E-state index contributed by atoms with van der Waals surface area (Å²) in [6.45, 7) is 6.30. The van der Waals surface area contributed by atoms with Gasteiger partial charge < -0.3 is 9.47 Å². The highest BCUT2D eigenvalue weighted by Crippen LogP contribution is 2.51. The average molecular weight is 262 g/mol. The number of ether oxygens (including phenoxy) is 2. The van der Waals surface area contributed by atoms with Gasteiger partial charge in [0.25, 0.3) is 0 Å². The van der Waals surface area contributed by atoms with Gasteiger partial charge in [0, 0.05) is 0 Å². The smallest absolute Gasteiger partial charge is 0.316 e. The van der Waals surface area contributed by atoms with Crippen LogP contribution in [0.15, 0.2) is 12.1 Å². The lowest BCUT2D eigenvalue weighted by Gasteiger charge is -2.20. The summed E-state index contributed by atoms with van der Waals surface area (Å²) in [7, 11) is 3.15. The molecule has 0 spiro atoms. The highest BCUT2D eigenvalue weighted by Gasteiger charge is 2.53. The first-order valence-electron chi connectivity index (χ1n) is 6.73. The van der Waals surface area contributed by atoms with Crippen LogP contribution in [0.1, 0.15) is 49.3 Å². The predicted octanol–water partition coefficient (Wildman–Crippen LogP) is 3.33. The zero-order chi connectivity index (χ0) is 14.2. The van der Waals surface area contributed by atoms with Crippen molar-refractivity contribution >= 4 is 5.97 Å². The van der Waals surface area contributed by atoms with E-state index in [0.29, 0.717) is 5.92 Å². The standard InChI is InChI=1S/C16H22O3/c1-10(2)12-9-13(11(3)8-14(12)18-4)16(6-7-16)15(17)19-5/h8-10H,6-7H2,1-5H3. The number of benzene rings is 1. The molecule has 1 aromatic rings. The van der Waals surface area contributed by atoms with Gasteiger partial charge in [0.15, 0.2) is 0 Å². The third-order valence-electron chi connectivity index (χ3n) is 4.04. The van der Waals surface area contributed by atoms with Crippen LogP contribution in [0.25, 0.3) is 0 Å². The number of hydrogen-bond acceptors (Lipinski definition) is 3. The molecule has 0 aliphatic heterocycles. The Kier molecular flexibility index (Phi) is 3.57. The molecular formula is C16H22O3. The monoisotopic (exact) mass is 262 g/mol. The Labute approximate surface area is 114 Å². The molecule has 0 saturated heterocycles. The Bertz CT molecular complexity index is 499. The van der Waals surface area contributed by atoms with Crippen molar-refractivity contribution in [2.24, 2.45) is 0 Å². The van der Waals surface area contributed by atoms with E-state index in [4.69, 9.17) is 9.47 Å². The normalized spacial score (nSPS) is 16.3. The predicted molar refractivity (Wildman–Crippen MR) is 74.7 cm³/mol. The third-order valence-corrected chi connectivity index (χ3v) is 4.04. The van der Waals surface area contributed by atoms with Crippen LogP contribution in [0.5, 0.6) is 5.75 Å². The van der Waals surface area contributed by atoms with Gasteiger partial charge >= 0.3 is 5.97 Å². The lowest BCUT2D eigenvalue weighted by Crippen LogP contribution is -2.23. The largest absolute Gasteiger partial charge is 0.496 e. The summed E-state index contributed by atoms with van der Waals surface area (Å²) < 4.78 is 10.4. The van der Waals surface area contributed by atoms with Crippen molar-refractivity contribution in [2.45, 2.75) is 44.9 Å². The molecule has 0 heterocycles. The van der Waals surface area contributed by atoms with Crippen LogP contribution in [0, 0.1) is 6.92 Å². The molecule has 0 aromatic heterocycles. The van der Waals surface area contributed by atoms with Crippen molar-refractivity contribution in [1.82, 2.24) is 0 Å². The minimum Gasteiger partial charge on any atom is -0.496 e. The van der Waals surface area contributed by atoms with Gasteiger partial charge in [-0.2, -0.15) is 0 Å². The lowest BCUT2D eigenvalue weighted by molar-refractivity contribution is -0.143. The maximum Gasteiger partial charge on any atom is 0.316 e. The average Bonchev–Trinajstić information content (AvgIpc) is 3.18. The van der Waals surface area contributed by atoms with E-state index in [1.165, 1.54) is 7.11 Å². The molecule has 0 unspecified atom stereocenters. The summed E-state index contributed by atoms with van der Waals surface area (Å²) in [5, 5.41) is 0. The molecule has 1 saturated carbocycles. The van der Waals surface area contributed by atoms with Gasteiger partial charge in [-0.05, 0) is 48.4 Å². The van der Waals surface area contributed by atoms with Crippen molar-refractivity contribution < 1.29 is 14.3 Å². The molecule has 1 aliphatic rings. The fourth-order valence-corrected chi connectivity index (χ4v) is 2.75. The Morgan fingerprint density at radius 3 is 2.32 bits per heavy atom. The van der Waals surface area contributed by atoms with Gasteiger partial charge in [-0.1, -0.05) is 19.9 Å². The second kappa shape index (κ2) is 4.87. The molecular weight excluding hydrogens is 240 g/mol. The van der Waals surface area contributed by atoms with E-state index in [0.717, 1.165) is 35.3 Å². The molecule has 0 bridgehead atoms. The highest BCUT2D eigenvalue weighted by molar-refractivity contribution is 5.87. The molecule has 1 fully saturated rings. The molecule has 3 nitrogen and oxygen atoms in total. The van der Waals surface area contributed by atoms with Crippen LogP contribution < -0.4 is 4.74 Å². The van der Waals surface area contributed by atoms with E-state index in [1.54, 1.807) is 7.11 Å². The van der Waals surface area contributed by atoms with E-state index in [-0.39, 0.29) is 5.97 Å². The SMILES string of the molecule is COC(=O)C1(c2cc(C(C)C)c(OC)cc2C)CC1. The summed E-state index contributed by atoms with van der Waals surface area (Å²) in [4.78, 5) is 12.0. The van der Waals surface area contributed by atoms with Gasteiger partial charge in [-0.25, -0.2) is 0 Å². The molecule has 0 N–H and O–H groups in total. The van der Waals surface area contributed by atoms with Crippen LogP contribution in [-0.2, 0) is 14.9 Å². The minimum atomic E-state index is -0.408. The molecule has 0 amide bonds. The molecule has 2 rings (SSSR count). The first-order chi connectivity index (χ1) is 8.96. The van der Waals surface area contributed by atoms with Crippen LogP contribution in [0.4, 0.5) is 0 Å². The number of rotatable bonds is 4. The van der Waals surface area contributed by atoms with Crippen LogP contribution in [0.3, 0.4) is 0 Å². The van der Waals surface area contributed by atoms with Crippen LogP contribution in [0.2, 0.25) is 0 Å². The molecule has 19 heavy (non-hydrogen) atoms. The molecule has 3 heteroatoms. The van der Waals surface area contributed by atoms with Crippen molar-refractivity contribution in [3.63, 3.8) is 0 Å². The van der Waals surface area contributed by atoms with Gasteiger partial charge in [-0.3, -0.25) is 4.79 Å². The van der Waals surface area contributed by atoms with Crippen LogP contribution in [-0.4, -0.2) is 20.2 Å². The first-order valence-corrected chi connectivity index (χ1v) is 6.73. The van der Waals surface area contributed by atoms with E-state index in [9.17, 15) is 4.79 Å². The quantitative estimate of drug-likeness (QED) is 0.781. The van der Waals surface area contributed by atoms with E-state index >= 15 is 0 Å². The van der Waals surface area contributed by atoms with Gasteiger partial charge in [-0.15, -0.1) is 0 Å². The molecule has 104 valence electrons. The summed E-state index contributed by atoms with van der Waals surface area (Å²) >= 11 is 0. The summed E-state index contributed by atoms with van der Waals surface area (Å²) in [5.41, 5.74) is 2.95. The van der Waals surface area contributed by atoms with Crippen molar-refractivity contribution in [2.75, 3.05) is 14.2 Å². The third kappa shape index (κ3) is 2.22. The second-order valence-electron chi connectivity index (χ2n) is 5.64. The van der Waals surface area contributed by atoms with E-state index in [2.05, 4.69) is 19.9 Å². The number of carbonyl (C=O) groups excluding carboxylic acids is 1. The zero-order valence-corrected chi connectivity index (χ0v) is 12.4. The number of methoxy groups -OCH3 is 2. The fourth-order valence-electron chi connectivity index (χ4n) is 2.75. The van der Waals surface area contributed by atoms with E-state index in [1.807, 2.05) is 13.0 Å². The minimum absolute atomic E-state index is 0.115. The van der Waals surface area contributed by atoms with Crippen LogP contribution >= 0.6 is 0 Å². The number of carbonyl (C=O) groups is 1. The Morgan fingerprint density at radius 2 is 1.89 bits per heavy atom. The number of hydrogen-bond donors (Lipinski definition) is 0. The Hall–Kier alpha value is -1.51. The molecule has 1 aliphatic carbocycles. The number of aryl methyl sites for hydroxylation is 1. The second-order valence-corrected chi connectivity index (χ2v) is 5.64. The summed E-state index contributed by atoms with van der Waals surface area (Å²) in [6.07, 6.45) is 1.76. The highest BCUT2D eigenvalue weighted by atomic mass is 16.5. The van der Waals surface area contributed by atoms with Gasteiger partial charge in [0.1, 0.15) is 5.75 Å². The van der Waals surface area contributed by atoms with Crippen molar-refractivity contribution in [1.29, 1.82) is 0 Å². The lowest BCUT2D eigenvalue weighted by atomic mass is 9.87. The molecule has 1 aromatic carbocycles. The maximum atomic E-state index is 12.0. The maximum absolute atomic E-state index is 12.0. The molecule has 0 radical (unpaired) electrons. The first kappa shape index (κ1) is 13.9. The zero-order valence-electron chi connectivity index (χ0n) is 12.4. The van der Waals surface area contributed by atoms with Crippen molar-refractivity contribution in [3.8, 4) is 5.75 Å². The van der Waals surface area contributed by atoms with Crippen molar-refractivity contribution in [3.05, 3.63) is 28.8 Å². The van der Waals surface area contributed by atoms with Gasteiger partial charge in [0.2, 0.25) is 0 Å². The fraction of sp³-hybridized carbons (Fsp3) is 0.562. The van der Waals surface area contributed by atoms with Gasteiger partial charge in [0.05, 0.1) is 19.6 Å². The van der Waals surface area contributed by atoms with E-state index < -0.39 is 5.41 Å². The Morgan fingerprint density at radius 1 is 1.26 bits per heavy atom. The topological polar surface area (TPSA) is 35.5 Å².